The van der Waals surface area contributed by atoms with Crippen molar-refractivity contribution in [3.8, 4) is 0 Å². The van der Waals surface area contributed by atoms with Crippen molar-refractivity contribution >= 4 is 21.7 Å². The maximum absolute atomic E-state index is 13.3. The van der Waals surface area contributed by atoms with E-state index in [2.05, 4.69) is 15.4 Å². The molecule has 10 heteroatoms. The van der Waals surface area contributed by atoms with Gasteiger partial charge in [-0.25, -0.2) is 22.3 Å². The summed E-state index contributed by atoms with van der Waals surface area (Å²) in [5.41, 5.74) is 0.653. The summed E-state index contributed by atoms with van der Waals surface area (Å²) < 4.78 is 46.1. The first-order chi connectivity index (χ1) is 14.9. The number of carbonyl (C=O) groups excluding carboxylic acids is 1. The third kappa shape index (κ3) is 6.73. The number of hydrogen-bond donors (Lipinski definition) is 4. The zero-order valence-electron chi connectivity index (χ0n) is 16.8. The summed E-state index contributed by atoms with van der Waals surface area (Å²) >= 11 is 0. The van der Waals surface area contributed by atoms with E-state index in [1.165, 1.54) is 18.2 Å². The number of urea groups is 1. The number of aliphatic hydroxyl groups excluding tert-OH is 1. The number of ether oxygens (including phenoxy) is 1. The molecule has 0 saturated carbocycles. The van der Waals surface area contributed by atoms with Crippen LogP contribution in [0.4, 0.5) is 14.9 Å². The molecule has 1 fully saturated rings. The van der Waals surface area contributed by atoms with Gasteiger partial charge in [0.15, 0.2) is 0 Å². The Morgan fingerprint density at radius 1 is 1.13 bits per heavy atom. The maximum Gasteiger partial charge on any atom is 0.319 e. The summed E-state index contributed by atoms with van der Waals surface area (Å²) in [6.07, 6.45) is 0.680. The predicted octanol–water partition coefficient (Wildman–Crippen LogP) is 2.22. The minimum absolute atomic E-state index is 0.105. The standard InChI is InChI=1S/C21H26FN3O5S/c22-15-5-4-8-18(13-15)31(28,29)23-12-11-17-9-10-19(20(14-26)30-17)25-21(27)24-16-6-2-1-3-7-16/h1-8,13,17,19-20,23,26H,9-12,14H2,(H2,24,25,27)/t17-,19-,20-/m1/s1. The molecule has 0 aromatic heterocycles. The lowest BCUT2D eigenvalue weighted by Crippen LogP contribution is -2.52. The zero-order valence-corrected chi connectivity index (χ0v) is 17.6. The van der Waals surface area contributed by atoms with E-state index >= 15 is 0 Å². The van der Waals surface area contributed by atoms with Gasteiger partial charge in [0, 0.05) is 12.2 Å². The van der Waals surface area contributed by atoms with Crippen LogP contribution in [0.25, 0.3) is 0 Å². The van der Waals surface area contributed by atoms with Crippen LogP contribution < -0.4 is 15.4 Å². The molecule has 0 bridgehead atoms. The van der Waals surface area contributed by atoms with Crippen LogP contribution in [0.5, 0.6) is 0 Å². The quantitative estimate of drug-likeness (QED) is 0.491. The van der Waals surface area contributed by atoms with Crippen molar-refractivity contribution in [1.82, 2.24) is 10.0 Å². The van der Waals surface area contributed by atoms with Gasteiger partial charge in [-0.05, 0) is 49.6 Å². The molecule has 2 amide bonds. The molecule has 1 aliphatic rings. The summed E-state index contributed by atoms with van der Waals surface area (Å²) in [7, 11) is -3.82. The molecule has 1 saturated heterocycles. The molecule has 8 nitrogen and oxygen atoms in total. The van der Waals surface area contributed by atoms with Crippen LogP contribution in [-0.4, -0.2) is 51.0 Å². The Labute approximate surface area is 180 Å². The van der Waals surface area contributed by atoms with E-state index < -0.39 is 21.9 Å². The Kier molecular flexibility index (Phi) is 7.97. The SMILES string of the molecule is O=C(Nc1ccccc1)N[C@@H]1CC[C@H](CCNS(=O)(=O)c2cccc(F)c2)O[C@@H]1CO. The fourth-order valence-electron chi connectivity index (χ4n) is 3.44. The van der Waals surface area contributed by atoms with E-state index in [1.807, 2.05) is 18.2 Å². The molecule has 1 aliphatic heterocycles. The first kappa shape index (κ1) is 23.1. The molecule has 0 radical (unpaired) electrons. The van der Waals surface area contributed by atoms with E-state index in [0.29, 0.717) is 24.9 Å². The van der Waals surface area contributed by atoms with E-state index in [4.69, 9.17) is 4.74 Å². The lowest BCUT2D eigenvalue weighted by atomic mass is 9.97. The zero-order chi connectivity index (χ0) is 22.3. The molecule has 1 heterocycles. The molecule has 168 valence electrons. The van der Waals surface area contributed by atoms with Crippen LogP contribution in [0.15, 0.2) is 59.5 Å². The second kappa shape index (κ2) is 10.7. The second-order valence-electron chi connectivity index (χ2n) is 7.27. The van der Waals surface area contributed by atoms with Crippen LogP contribution >= 0.6 is 0 Å². The smallest absolute Gasteiger partial charge is 0.319 e. The first-order valence-electron chi connectivity index (χ1n) is 10.0. The molecule has 3 atom stereocenters. The lowest BCUT2D eigenvalue weighted by Gasteiger charge is -2.36. The number of aliphatic hydroxyl groups is 1. The Bertz CT molecular complexity index is 974. The van der Waals surface area contributed by atoms with Gasteiger partial charge in [0.25, 0.3) is 0 Å². The van der Waals surface area contributed by atoms with Gasteiger partial charge >= 0.3 is 6.03 Å². The van der Waals surface area contributed by atoms with E-state index in [-0.39, 0.29) is 36.2 Å². The van der Waals surface area contributed by atoms with Crippen LogP contribution in [0.2, 0.25) is 0 Å². The van der Waals surface area contributed by atoms with Crippen LogP contribution in [0.1, 0.15) is 19.3 Å². The number of nitrogens with one attached hydrogen (secondary N) is 3. The Morgan fingerprint density at radius 2 is 1.90 bits per heavy atom. The van der Waals surface area contributed by atoms with Crippen molar-refractivity contribution in [1.29, 1.82) is 0 Å². The second-order valence-corrected chi connectivity index (χ2v) is 9.04. The molecule has 31 heavy (non-hydrogen) atoms. The van der Waals surface area contributed by atoms with Gasteiger partial charge in [0.2, 0.25) is 10.0 Å². The van der Waals surface area contributed by atoms with Crippen LogP contribution in [0, 0.1) is 5.82 Å². The Balaban J connectivity index is 1.46. The van der Waals surface area contributed by atoms with Gasteiger partial charge in [-0.1, -0.05) is 24.3 Å². The van der Waals surface area contributed by atoms with Crippen LogP contribution in [-0.2, 0) is 14.8 Å². The molecule has 3 rings (SSSR count). The number of halogens is 1. The highest BCUT2D eigenvalue weighted by Crippen LogP contribution is 2.22. The molecule has 0 unspecified atom stereocenters. The summed E-state index contributed by atoms with van der Waals surface area (Å²) in [5.74, 6) is -0.626. The third-order valence-corrected chi connectivity index (χ3v) is 6.47. The van der Waals surface area contributed by atoms with Crippen LogP contribution in [0.3, 0.4) is 0 Å². The molecule has 0 spiro atoms. The van der Waals surface area contributed by atoms with Crippen molar-refractivity contribution in [2.45, 2.75) is 42.4 Å². The van der Waals surface area contributed by atoms with Gasteiger partial charge < -0.3 is 20.5 Å². The van der Waals surface area contributed by atoms with Crippen molar-refractivity contribution in [3.05, 3.63) is 60.4 Å². The molecular weight excluding hydrogens is 425 g/mol. The fraction of sp³-hybridized carbons (Fsp3) is 0.381. The number of sulfonamides is 1. The number of hydrogen-bond acceptors (Lipinski definition) is 5. The molecule has 0 aliphatic carbocycles. The summed E-state index contributed by atoms with van der Waals surface area (Å²) in [6, 6.07) is 13.0. The molecule has 4 N–H and O–H groups in total. The minimum Gasteiger partial charge on any atom is -0.394 e. The highest BCUT2D eigenvalue weighted by molar-refractivity contribution is 7.89. The topological polar surface area (TPSA) is 117 Å². The maximum atomic E-state index is 13.3. The largest absolute Gasteiger partial charge is 0.394 e. The number of carbonyl (C=O) groups is 1. The number of rotatable bonds is 8. The van der Waals surface area contributed by atoms with Crippen molar-refractivity contribution in [2.75, 3.05) is 18.5 Å². The lowest BCUT2D eigenvalue weighted by molar-refractivity contribution is -0.0884. The van der Waals surface area contributed by atoms with Crippen molar-refractivity contribution in [2.24, 2.45) is 0 Å². The van der Waals surface area contributed by atoms with E-state index in [9.17, 15) is 22.7 Å². The van der Waals surface area contributed by atoms with Gasteiger partial charge in [0.1, 0.15) is 11.9 Å². The normalized spacial score (nSPS) is 21.4. The minimum atomic E-state index is -3.82. The first-order valence-corrected chi connectivity index (χ1v) is 11.5. The highest BCUT2D eigenvalue weighted by atomic mass is 32.2. The van der Waals surface area contributed by atoms with E-state index in [0.717, 1.165) is 6.07 Å². The fourth-order valence-corrected chi connectivity index (χ4v) is 4.52. The van der Waals surface area contributed by atoms with Crippen molar-refractivity contribution in [3.63, 3.8) is 0 Å². The van der Waals surface area contributed by atoms with Crippen molar-refractivity contribution < 1.29 is 27.4 Å². The van der Waals surface area contributed by atoms with Gasteiger partial charge in [-0.15, -0.1) is 0 Å². The summed E-state index contributed by atoms with van der Waals surface area (Å²) in [4.78, 5) is 12.1. The average molecular weight is 452 g/mol. The summed E-state index contributed by atoms with van der Waals surface area (Å²) in [6.45, 7) is -0.171. The number of amides is 2. The van der Waals surface area contributed by atoms with E-state index in [1.54, 1.807) is 12.1 Å². The monoisotopic (exact) mass is 451 g/mol. The summed E-state index contributed by atoms with van der Waals surface area (Å²) in [5, 5.41) is 15.2. The van der Waals surface area contributed by atoms with Gasteiger partial charge in [0.05, 0.1) is 23.6 Å². The number of anilines is 1. The Morgan fingerprint density at radius 3 is 2.61 bits per heavy atom. The Hall–Kier alpha value is -2.53. The van der Waals surface area contributed by atoms with Gasteiger partial charge in [-0.3, -0.25) is 0 Å². The highest BCUT2D eigenvalue weighted by Gasteiger charge is 2.32. The van der Waals surface area contributed by atoms with Gasteiger partial charge in [-0.2, -0.15) is 0 Å². The average Bonchev–Trinajstić information content (AvgIpc) is 2.75. The number of para-hydroxylation sites is 1. The number of benzene rings is 2. The molecular formula is C21H26FN3O5S. The predicted molar refractivity (Wildman–Crippen MR) is 114 cm³/mol. The molecule has 2 aromatic carbocycles. The molecule has 2 aromatic rings. The third-order valence-electron chi connectivity index (χ3n) is 5.01.